The summed E-state index contributed by atoms with van der Waals surface area (Å²) >= 11 is 5.78. The van der Waals surface area contributed by atoms with Crippen LogP contribution in [0.25, 0.3) is 0 Å². The number of halogens is 1. The van der Waals surface area contributed by atoms with Crippen molar-refractivity contribution >= 4 is 38.3 Å². The maximum absolute atomic E-state index is 11.8. The Balaban J connectivity index is 3.72. The zero-order chi connectivity index (χ0) is 14.8. The molecule has 0 aliphatic rings. The molecule has 0 aliphatic carbocycles. The van der Waals surface area contributed by atoms with Crippen LogP contribution < -0.4 is 0 Å². The second kappa shape index (κ2) is 6.07. The maximum atomic E-state index is 11.8. The molecule has 0 heterocycles. The van der Waals surface area contributed by atoms with Gasteiger partial charge in [0.05, 0.1) is 4.90 Å². The van der Waals surface area contributed by atoms with Gasteiger partial charge in [0.2, 0.25) is 0 Å². The summed E-state index contributed by atoms with van der Waals surface area (Å²) in [6, 6.07) is 2.85. The van der Waals surface area contributed by atoms with E-state index in [4.69, 9.17) is 11.6 Å². The van der Waals surface area contributed by atoms with Crippen molar-refractivity contribution < 1.29 is 17.4 Å². The molecule has 7 heteroatoms. The normalized spacial score (nSPS) is 13.1. The highest BCUT2D eigenvalue weighted by molar-refractivity contribution is 7.90. The minimum Gasteiger partial charge on any atom is -0.276 e. The molecule has 0 saturated carbocycles. The Kier molecular flexibility index (Phi) is 5.18. The highest BCUT2D eigenvalue weighted by Crippen LogP contribution is 2.28. The third-order valence-corrected chi connectivity index (χ3v) is 4.71. The molecule has 0 bridgehead atoms. The van der Waals surface area contributed by atoms with Crippen LogP contribution in [0.3, 0.4) is 0 Å². The highest BCUT2D eigenvalue weighted by Gasteiger charge is 2.28. The van der Waals surface area contributed by atoms with Gasteiger partial charge in [0.15, 0.2) is 9.84 Å². The first-order valence-corrected chi connectivity index (χ1v) is 8.65. The zero-order valence-corrected chi connectivity index (χ0v) is 13.2. The second-order valence-corrected chi connectivity index (χ2v) is 7.41. The first-order chi connectivity index (χ1) is 8.72. The number of hydrogen-bond acceptors (Lipinski definition) is 4. The third-order valence-electron chi connectivity index (χ3n) is 2.81. The molecule has 0 aliphatic heterocycles. The van der Waals surface area contributed by atoms with Crippen LogP contribution in [-0.2, 0) is 32.1 Å². The van der Waals surface area contributed by atoms with Crippen molar-refractivity contribution in [2.45, 2.75) is 30.4 Å². The predicted molar refractivity (Wildman–Crippen MR) is 75.6 cm³/mol. The van der Waals surface area contributed by atoms with E-state index < -0.39 is 20.3 Å². The summed E-state index contributed by atoms with van der Waals surface area (Å²) in [4.78, 5) is 11.3. The van der Waals surface area contributed by atoms with Gasteiger partial charge in [-0.3, -0.25) is 4.79 Å². The van der Waals surface area contributed by atoms with E-state index in [-0.39, 0.29) is 10.5 Å². The van der Waals surface area contributed by atoms with Gasteiger partial charge in [-0.1, -0.05) is 6.92 Å². The Morgan fingerprint density at radius 1 is 1.42 bits per heavy atom. The fourth-order valence-corrected chi connectivity index (χ4v) is 3.35. The molecule has 1 aromatic carbocycles. The molecule has 0 aromatic heterocycles. The van der Waals surface area contributed by atoms with Gasteiger partial charge >= 0.3 is 11.7 Å². The molecule has 19 heavy (non-hydrogen) atoms. The van der Waals surface area contributed by atoms with Crippen LogP contribution in [0.2, 0.25) is 0 Å². The van der Waals surface area contributed by atoms with E-state index >= 15 is 0 Å². The van der Waals surface area contributed by atoms with Crippen molar-refractivity contribution in [1.29, 1.82) is 0 Å². The lowest BCUT2D eigenvalue weighted by molar-refractivity contribution is 0.108. The van der Waals surface area contributed by atoms with Gasteiger partial charge in [-0.2, -0.15) is 0 Å². The Bertz CT molecular complexity index is 623. The molecule has 1 atom stereocenters. The molecule has 1 aromatic rings. The monoisotopic (exact) mass is 321 g/mol. The number of aryl methyl sites for hydroxylation is 1. The van der Waals surface area contributed by atoms with Gasteiger partial charge in [-0.25, -0.2) is 8.42 Å². The van der Waals surface area contributed by atoms with Crippen LogP contribution in [0.1, 0.15) is 40.6 Å². The summed E-state index contributed by atoms with van der Waals surface area (Å²) in [5, 5.41) is -1.22. The van der Waals surface area contributed by atoms with Crippen LogP contribution in [0.4, 0.5) is 0 Å². The van der Waals surface area contributed by atoms with Crippen molar-refractivity contribution in [3.8, 4) is 0 Å². The van der Waals surface area contributed by atoms with Crippen molar-refractivity contribution in [2.24, 2.45) is 0 Å². The molecule has 1 rings (SSSR count). The number of hydrogen-bond donors (Lipinski definition) is 0. The number of carbonyl (C=O) groups is 1. The summed E-state index contributed by atoms with van der Waals surface area (Å²) in [5.41, 5.74) is 1.24. The second-order valence-electron chi connectivity index (χ2n) is 4.19. The van der Waals surface area contributed by atoms with E-state index in [0.717, 1.165) is 6.26 Å². The lowest BCUT2D eigenvalue weighted by Gasteiger charge is -2.11. The Morgan fingerprint density at radius 3 is 2.37 bits per heavy atom. The summed E-state index contributed by atoms with van der Waals surface area (Å²) < 4.78 is 34.5. The molecule has 1 unspecified atom stereocenters. The molecular formula is C12H14ClO4S2+. The van der Waals surface area contributed by atoms with Crippen LogP contribution in [0.5, 0.6) is 0 Å². The predicted octanol–water partition coefficient (Wildman–Crippen LogP) is 2.52. The largest absolute Gasteiger partial charge is 0.466 e. The molecule has 0 fully saturated rings. The lowest BCUT2D eigenvalue weighted by atomic mass is 10.0. The van der Waals surface area contributed by atoms with Crippen molar-refractivity contribution in [2.75, 3.05) is 6.26 Å². The fourth-order valence-electron chi connectivity index (χ4n) is 1.81. The molecule has 0 amide bonds. The zero-order valence-electron chi connectivity index (χ0n) is 10.8. The highest BCUT2D eigenvalue weighted by atomic mass is 35.5. The Morgan fingerprint density at radius 2 is 2.00 bits per heavy atom. The lowest BCUT2D eigenvalue weighted by Crippen LogP contribution is -2.09. The number of sulfone groups is 1. The van der Waals surface area contributed by atoms with E-state index in [0.29, 0.717) is 29.2 Å². The Hall–Kier alpha value is -0.850. The van der Waals surface area contributed by atoms with Crippen molar-refractivity contribution in [1.82, 2.24) is 0 Å². The van der Waals surface area contributed by atoms with Crippen LogP contribution >= 0.6 is 11.6 Å². The van der Waals surface area contributed by atoms with Crippen molar-refractivity contribution in [3.63, 3.8) is 0 Å². The van der Waals surface area contributed by atoms with Gasteiger partial charge in [0.25, 0.3) is 10.5 Å². The average Bonchev–Trinajstić information content (AvgIpc) is 2.34. The maximum Gasteiger partial charge on any atom is 0.466 e. The molecule has 0 radical (unpaired) electrons. The minimum absolute atomic E-state index is 0.00968. The number of rotatable bonds is 5. The minimum atomic E-state index is -3.53. The van der Waals surface area contributed by atoms with E-state index in [9.17, 15) is 17.4 Å². The molecule has 0 spiro atoms. The topological polar surface area (TPSA) is 68.3 Å². The quantitative estimate of drug-likeness (QED) is 0.617. The van der Waals surface area contributed by atoms with E-state index in [1.54, 1.807) is 13.0 Å². The first kappa shape index (κ1) is 16.2. The number of benzene rings is 1. The summed E-state index contributed by atoms with van der Waals surface area (Å²) in [7, 11) is -3.53. The first-order valence-electron chi connectivity index (χ1n) is 5.57. The standard InChI is InChI=1S/C12H14ClO4S2/c1-4-8-5-9(7(2)18-15)11(19(3,16)17)6-10(8)12(13)14/h5-7H,4H2,1-3H3/q+1. The molecule has 0 N–H and O–H groups in total. The van der Waals surface area contributed by atoms with E-state index in [1.807, 2.05) is 6.92 Å². The van der Waals surface area contributed by atoms with Gasteiger partial charge in [0.1, 0.15) is 0 Å². The van der Waals surface area contributed by atoms with Crippen molar-refractivity contribution in [3.05, 3.63) is 28.8 Å². The van der Waals surface area contributed by atoms with Crippen LogP contribution in [-0.4, -0.2) is 19.9 Å². The summed E-state index contributed by atoms with van der Waals surface area (Å²) in [6.45, 7) is 3.46. The fraction of sp³-hybridized carbons (Fsp3) is 0.417. The third kappa shape index (κ3) is 3.58. The summed E-state index contributed by atoms with van der Waals surface area (Å²) in [6.07, 6.45) is 1.57. The van der Waals surface area contributed by atoms with Gasteiger partial charge in [0, 0.05) is 28.5 Å². The van der Waals surface area contributed by atoms with Crippen LogP contribution in [0, 0.1) is 0 Å². The smallest absolute Gasteiger partial charge is 0.276 e. The average molecular weight is 322 g/mol. The van der Waals surface area contributed by atoms with E-state index in [2.05, 4.69) is 0 Å². The number of carbonyl (C=O) groups excluding carboxylic acids is 1. The molecule has 0 saturated heterocycles. The van der Waals surface area contributed by atoms with Crippen LogP contribution in [0.15, 0.2) is 17.0 Å². The Labute approximate surface area is 121 Å². The van der Waals surface area contributed by atoms with Gasteiger partial charge < -0.3 is 0 Å². The molecule has 104 valence electrons. The van der Waals surface area contributed by atoms with E-state index in [1.165, 1.54) is 6.07 Å². The SMILES string of the molecule is CCc1cc(C(C)[S+]=O)c(S(C)(=O)=O)cc1C(=O)Cl. The summed E-state index contributed by atoms with van der Waals surface area (Å²) in [5.74, 6) is 0. The van der Waals surface area contributed by atoms with Gasteiger partial charge in [-0.05, 0) is 35.7 Å². The molecule has 4 nitrogen and oxygen atoms in total. The van der Waals surface area contributed by atoms with Gasteiger partial charge in [-0.15, -0.1) is 0 Å². The molecular weight excluding hydrogens is 308 g/mol.